The van der Waals surface area contributed by atoms with Gasteiger partial charge in [0.1, 0.15) is 17.8 Å². The molecule has 0 unspecified atom stereocenters. The third kappa shape index (κ3) is 3.23. The van der Waals surface area contributed by atoms with E-state index in [9.17, 15) is 14.0 Å². The number of nitrogens with zero attached hydrogens (tertiary/aromatic N) is 1. The number of benzene rings is 2. The summed E-state index contributed by atoms with van der Waals surface area (Å²) in [4.78, 5) is 25.1. The second kappa shape index (κ2) is 6.60. The molecule has 0 saturated carbocycles. The molecule has 0 aliphatic carbocycles. The van der Waals surface area contributed by atoms with Gasteiger partial charge in [-0.15, -0.1) is 0 Å². The van der Waals surface area contributed by atoms with Gasteiger partial charge in [0.05, 0.1) is 5.69 Å². The van der Waals surface area contributed by atoms with Crippen molar-refractivity contribution in [2.75, 3.05) is 23.3 Å². The van der Waals surface area contributed by atoms with Crippen molar-refractivity contribution in [1.29, 1.82) is 0 Å². The molecule has 23 heavy (non-hydrogen) atoms. The van der Waals surface area contributed by atoms with Gasteiger partial charge in [-0.1, -0.05) is 18.2 Å². The van der Waals surface area contributed by atoms with Crippen molar-refractivity contribution in [3.63, 3.8) is 0 Å². The van der Waals surface area contributed by atoms with E-state index < -0.39 is 11.7 Å². The normalized spacial score (nSPS) is 13.9. The van der Waals surface area contributed by atoms with Gasteiger partial charge >= 0.3 is 0 Å². The van der Waals surface area contributed by atoms with Gasteiger partial charge in [0.15, 0.2) is 0 Å². The van der Waals surface area contributed by atoms with E-state index in [-0.39, 0.29) is 5.69 Å². The van der Waals surface area contributed by atoms with Crippen LogP contribution in [0.15, 0.2) is 42.5 Å². The first-order valence-corrected chi connectivity index (χ1v) is 7.59. The molecule has 3 rings (SSSR count). The van der Waals surface area contributed by atoms with Crippen molar-refractivity contribution in [2.24, 2.45) is 0 Å². The number of hydrogen-bond donors (Lipinski definition) is 1. The molecule has 1 heterocycles. The van der Waals surface area contributed by atoms with Crippen LogP contribution in [0.25, 0.3) is 0 Å². The van der Waals surface area contributed by atoms with Gasteiger partial charge < -0.3 is 10.2 Å². The Morgan fingerprint density at radius 3 is 2.43 bits per heavy atom. The van der Waals surface area contributed by atoms with E-state index in [1.807, 2.05) is 6.07 Å². The van der Waals surface area contributed by atoms with E-state index in [2.05, 4.69) is 10.2 Å². The van der Waals surface area contributed by atoms with Crippen LogP contribution >= 0.6 is 0 Å². The average Bonchev–Trinajstić information content (AvgIpc) is 3.11. The predicted octanol–water partition coefficient (Wildman–Crippen LogP) is 3.49. The zero-order valence-corrected chi connectivity index (χ0v) is 12.6. The Bertz CT molecular complexity index is 722. The molecule has 2 aromatic rings. The van der Waals surface area contributed by atoms with Crippen molar-refractivity contribution in [3.8, 4) is 0 Å². The number of rotatable bonds is 4. The molecule has 1 amide bonds. The summed E-state index contributed by atoms with van der Waals surface area (Å²) >= 11 is 0. The number of hydrogen-bond acceptors (Lipinski definition) is 3. The quantitative estimate of drug-likeness (QED) is 0.879. The summed E-state index contributed by atoms with van der Waals surface area (Å²) in [5, 5.41) is 2.67. The maximum Gasteiger partial charge on any atom is 0.255 e. The summed E-state index contributed by atoms with van der Waals surface area (Å²) in [7, 11) is 0. The lowest BCUT2D eigenvalue weighted by Crippen LogP contribution is -2.22. The Kier molecular flexibility index (Phi) is 4.37. The van der Waals surface area contributed by atoms with E-state index in [4.69, 9.17) is 0 Å². The number of anilines is 2. The van der Waals surface area contributed by atoms with Crippen LogP contribution in [0.4, 0.5) is 15.8 Å². The summed E-state index contributed by atoms with van der Waals surface area (Å²) in [6.45, 7) is 1.72. The maximum absolute atomic E-state index is 14.2. The van der Waals surface area contributed by atoms with Crippen LogP contribution in [0.2, 0.25) is 0 Å². The number of para-hydroxylation sites is 1. The van der Waals surface area contributed by atoms with Crippen molar-refractivity contribution in [3.05, 3.63) is 59.4 Å². The molecule has 1 aliphatic rings. The van der Waals surface area contributed by atoms with Crippen LogP contribution in [0.3, 0.4) is 0 Å². The topological polar surface area (TPSA) is 49.4 Å². The van der Waals surface area contributed by atoms with Crippen molar-refractivity contribution >= 4 is 23.6 Å². The minimum Gasteiger partial charge on any atom is -0.370 e. The molecular weight excluding hydrogens is 295 g/mol. The second-order valence-corrected chi connectivity index (χ2v) is 5.52. The van der Waals surface area contributed by atoms with Crippen LogP contribution in [-0.4, -0.2) is 25.3 Å². The van der Waals surface area contributed by atoms with Gasteiger partial charge in [-0.05, 0) is 37.1 Å². The number of nitrogens with one attached hydrogen (secondary N) is 1. The number of halogens is 1. The Labute approximate surface area is 133 Å². The molecule has 4 nitrogen and oxygen atoms in total. The number of carbonyl (C=O) groups excluding carboxylic acids is 2. The Morgan fingerprint density at radius 2 is 1.78 bits per heavy atom. The Balaban J connectivity index is 1.86. The maximum atomic E-state index is 14.2. The highest BCUT2D eigenvalue weighted by atomic mass is 19.1. The van der Waals surface area contributed by atoms with E-state index in [1.165, 1.54) is 6.07 Å². The number of amides is 1. The van der Waals surface area contributed by atoms with Crippen molar-refractivity contribution < 1.29 is 14.0 Å². The fourth-order valence-electron chi connectivity index (χ4n) is 2.76. The SMILES string of the molecule is O=Cc1ccc(C(=O)Nc2c(F)cccc2N2CCCC2)cc1. The number of aldehydes is 1. The summed E-state index contributed by atoms with van der Waals surface area (Å²) < 4.78 is 14.2. The van der Waals surface area contributed by atoms with Gasteiger partial charge in [-0.2, -0.15) is 0 Å². The fourth-order valence-corrected chi connectivity index (χ4v) is 2.76. The van der Waals surface area contributed by atoms with Crippen LogP contribution < -0.4 is 10.2 Å². The fraction of sp³-hybridized carbons (Fsp3) is 0.222. The second-order valence-electron chi connectivity index (χ2n) is 5.52. The van der Waals surface area contributed by atoms with Crippen LogP contribution in [0, 0.1) is 5.82 Å². The lowest BCUT2D eigenvalue weighted by molar-refractivity contribution is 0.102. The average molecular weight is 312 g/mol. The largest absolute Gasteiger partial charge is 0.370 e. The summed E-state index contributed by atoms with van der Waals surface area (Å²) in [5.41, 5.74) is 1.79. The monoisotopic (exact) mass is 312 g/mol. The predicted molar refractivity (Wildman–Crippen MR) is 87.6 cm³/mol. The van der Waals surface area contributed by atoms with Crippen LogP contribution in [0.5, 0.6) is 0 Å². The summed E-state index contributed by atoms with van der Waals surface area (Å²) in [6.07, 6.45) is 2.85. The molecule has 0 atom stereocenters. The van der Waals surface area contributed by atoms with Gasteiger partial charge in [-0.3, -0.25) is 9.59 Å². The lowest BCUT2D eigenvalue weighted by Gasteiger charge is -2.22. The number of carbonyl (C=O) groups is 2. The van der Waals surface area contributed by atoms with Crippen LogP contribution in [-0.2, 0) is 0 Å². The highest BCUT2D eigenvalue weighted by Gasteiger charge is 2.20. The highest BCUT2D eigenvalue weighted by Crippen LogP contribution is 2.31. The Morgan fingerprint density at radius 1 is 1.09 bits per heavy atom. The summed E-state index contributed by atoms with van der Waals surface area (Å²) in [5.74, 6) is -0.847. The molecule has 1 saturated heterocycles. The standard InChI is InChI=1S/C18H17FN2O2/c19-15-4-3-5-16(21-10-1-2-11-21)17(15)20-18(23)14-8-6-13(12-22)7-9-14/h3-9,12H,1-2,10-11H2,(H,20,23). The zero-order valence-electron chi connectivity index (χ0n) is 12.6. The first-order valence-electron chi connectivity index (χ1n) is 7.59. The van der Waals surface area contributed by atoms with Crippen LogP contribution in [0.1, 0.15) is 33.6 Å². The third-order valence-corrected chi connectivity index (χ3v) is 3.99. The zero-order chi connectivity index (χ0) is 16.2. The molecule has 0 spiro atoms. The summed E-state index contributed by atoms with van der Waals surface area (Å²) in [6, 6.07) is 11.0. The molecule has 0 radical (unpaired) electrons. The van der Waals surface area contributed by atoms with Crippen molar-refractivity contribution in [2.45, 2.75) is 12.8 Å². The lowest BCUT2D eigenvalue weighted by atomic mass is 10.1. The molecule has 0 bridgehead atoms. The first-order chi connectivity index (χ1) is 11.2. The van der Waals surface area contributed by atoms with E-state index >= 15 is 0 Å². The molecule has 118 valence electrons. The highest BCUT2D eigenvalue weighted by molar-refractivity contribution is 6.06. The molecular formula is C18H17FN2O2. The van der Waals surface area contributed by atoms with Gasteiger partial charge in [0.2, 0.25) is 0 Å². The van der Waals surface area contributed by atoms with E-state index in [0.29, 0.717) is 23.1 Å². The first kappa shape index (κ1) is 15.2. The van der Waals surface area contributed by atoms with Gasteiger partial charge in [-0.25, -0.2) is 4.39 Å². The minimum absolute atomic E-state index is 0.207. The molecule has 1 N–H and O–H groups in total. The van der Waals surface area contributed by atoms with E-state index in [0.717, 1.165) is 25.9 Å². The van der Waals surface area contributed by atoms with Gasteiger partial charge in [0, 0.05) is 24.2 Å². The van der Waals surface area contributed by atoms with E-state index in [1.54, 1.807) is 30.3 Å². The third-order valence-electron chi connectivity index (χ3n) is 3.99. The Hall–Kier alpha value is -2.69. The minimum atomic E-state index is -0.452. The molecule has 2 aromatic carbocycles. The molecule has 1 aliphatic heterocycles. The van der Waals surface area contributed by atoms with Gasteiger partial charge in [0.25, 0.3) is 5.91 Å². The molecule has 1 fully saturated rings. The van der Waals surface area contributed by atoms with Crippen molar-refractivity contribution in [1.82, 2.24) is 0 Å². The molecule has 0 aromatic heterocycles. The smallest absolute Gasteiger partial charge is 0.255 e. The molecule has 5 heteroatoms.